The molecule has 2 unspecified atom stereocenters. The molecule has 2 aromatic carbocycles. The summed E-state index contributed by atoms with van der Waals surface area (Å²) in [5.41, 5.74) is 1.39. The Morgan fingerprint density at radius 2 is 1.83 bits per heavy atom. The molecular formula is C21H21ClN2O4S. The summed E-state index contributed by atoms with van der Waals surface area (Å²) >= 11 is 5.92. The van der Waals surface area contributed by atoms with Crippen molar-refractivity contribution in [3.8, 4) is 0 Å². The second-order valence-corrected chi connectivity index (χ2v) is 9.50. The first-order valence-electron chi connectivity index (χ1n) is 9.34. The van der Waals surface area contributed by atoms with Crippen molar-refractivity contribution in [3.63, 3.8) is 0 Å². The van der Waals surface area contributed by atoms with Gasteiger partial charge in [0.25, 0.3) is 10.2 Å². The summed E-state index contributed by atoms with van der Waals surface area (Å²) < 4.78 is 29.6. The van der Waals surface area contributed by atoms with E-state index in [0.717, 1.165) is 16.7 Å². The van der Waals surface area contributed by atoms with Crippen LogP contribution in [0.3, 0.4) is 0 Å². The highest BCUT2D eigenvalue weighted by atomic mass is 35.5. The third-order valence-electron chi connectivity index (χ3n) is 5.58. The third-order valence-corrected chi connectivity index (χ3v) is 7.47. The molecule has 4 rings (SSSR count). The van der Waals surface area contributed by atoms with Crippen molar-refractivity contribution >= 4 is 33.4 Å². The van der Waals surface area contributed by atoms with Gasteiger partial charge in [-0.2, -0.15) is 17.4 Å². The van der Waals surface area contributed by atoms with Crippen LogP contribution in [-0.2, 0) is 15.0 Å². The number of carboxylic acids is 1. The topological polar surface area (TPSA) is 86.7 Å². The fourth-order valence-electron chi connectivity index (χ4n) is 3.83. The van der Waals surface area contributed by atoms with E-state index >= 15 is 0 Å². The molecule has 1 heterocycles. The van der Waals surface area contributed by atoms with Crippen LogP contribution in [0.2, 0.25) is 5.02 Å². The van der Waals surface area contributed by atoms with Crippen molar-refractivity contribution in [2.75, 3.05) is 13.1 Å². The molecule has 0 amide bonds. The number of nitrogens with one attached hydrogen (secondary N) is 1. The van der Waals surface area contributed by atoms with Gasteiger partial charge in [0.2, 0.25) is 0 Å². The molecule has 1 saturated carbocycles. The van der Waals surface area contributed by atoms with E-state index in [1.54, 1.807) is 12.1 Å². The van der Waals surface area contributed by atoms with Crippen LogP contribution in [0.4, 0.5) is 0 Å². The average molecular weight is 433 g/mol. The average Bonchev–Trinajstić information content (AvgIpc) is 3.44. The Bertz CT molecular complexity index is 1050. The molecule has 1 aliphatic heterocycles. The molecule has 2 N–H and O–H groups in total. The Kier molecular flexibility index (Phi) is 5.25. The van der Waals surface area contributed by atoms with Crippen molar-refractivity contribution in [2.24, 2.45) is 0 Å². The molecule has 0 radical (unpaired) electrons. The first-order valence-corrected chi connectivity index (χ1v) is 11.2. The number of nitrogens with zero attached hydrogens (tertiary/aromatic N) is 1. The third kappa shape index (κ3) is 3.96. The van der Waals surface area contributed by atoms with Gasteiger partial charge in [-0.25, -0.2) is 0 Å². The lowest BCUT2D eigenvalue weighted by atomic mass is 10.0. The van der Waals surface area contributed by atoms with Crippen LogP contribution >= 0.6 is 11.6 Å². The Morgan fingerprint density at radius 3 is 2.41 bits per heavy atom. The molecule has 6 nitrogen and oxygen atoms in total. The first kappa shape index (κ1) is 20.1. The molecule has 0 aromatic heterocycles. The largest absolute Gasteiger partial charge is 0.480 e. The smallest absolute Gasteiger partial charge is 0.325 e. The molecule has 1 aliphatic carbocycles. The van der Waals surface area contributed by atoms with Gasteiger partial charge in [-0.3, -0.25) is 4.79 Å². The Labute approximate surface area is 175 Å². The number of carboxylic acid groups (broad SMARTS) is 1. The molecule has 0 spiro atoms. The van der Waals surface area contributed by atoms with Crippen LogP contribution in [0, 0.1) is 0 Å². The van der Waals surface area contributed by atoms with E-state index < -0.39 is 21.7 Å². The molecule has 0 bridgehead atoms. The second-order valence-electron chi connectivity index (χ2n) is 7.40. The van der Waals surface area contributed by atoms with Crippen molar-refractivity contribution < 1.29 is 18.3 Å². The highest BCUT2D eigenvalue weighted by molar-refractivity contribution is 7.87. The quantitative estimate of drug-likeness (QED) is 0.733. The molecule has 152 valence electrons. The van der Waals surface area contributed by atoms with Crippen molar-refractivity contribution in [2.45, 2.75) is 24.3 Å². The van der Waals surface area contributed by atoms with Gasteiger partial charge in [-0.15, -0.1) is 0 Å². The van der Waals surface area contributed by atoms with Crippen LogP contribution in [-0.4, -0.2) is 42.4 Å². The van der Waals surface area contributed by atoms with Crippen LogP contribution < -0.4 is 4.72 Å². The number of hydrogen-bond donors (Lipinski definition) is 2. The van der Waals surface area contributed by atoms with Gasteiger partial charge < -0.3 is 5.11 Å². The van der Waals surface area contributed by atoms with Crippen LogP contribution in [0.5, 0.6) is 0 Å². The lowest BCUT2D eigenvalue weighted by molar-refractivity contribution is -0.140. The van der Waals surface area contributed by atoms with Crippen LogP contribution in [0.1, 0.15) is 29.9 Å². The predicted molar refractivity (Wildman–Crippen MR) is 112 cm³/mol. The monoisotopic (exact) mass is 432 g/mol. The van der Waals surface area contributed by atoms with Crippen molar-refractivity contribution in [1.29, 1.82) is 0 Å². The number of rotatable bonds is 6. The van der Waals surface area contributed by atoms with Crippen molar-refractivity contribution in [3.05, 3.63) is 76.8 Å². The molecule has 8 heteroatoms. The maximum absolute atomic E-state index is 12.9. The second kappa shape index (κ2) is 7.57. The lowest BCUT2D eigenvalue weighted by Gasteiger charge is -2.28. The van der Waals surface area contributed by atoms with Crippen LogP contribution in [0.15, 0.2) is 60.7 Å². The fraction of sp³-hybridized carbons (Fsp3) is 0.286. The Balaban J connectivity index is 1.49. The summed E-state index contributed by atoms with van der Waals surface area (Å²) in [4.78, 5) is 11.9. The van der Waals surface area contributed by atoms with Crippen LogP contribution in [0.25, 0.3) is 5.57 Å². The van der Waals surface area contributed by atoms with E-state index in [1.807, 2.05) is 48.5 Å². The summed E-state index contributed by atoms with van der Waals surface area (Å²) in [6, 6.07) is 16.6. The minimum Gasteiger partial charge on any atom is -0.480 e. The Morgan fingerprint density at radius 1 is 1.14 bits per heavy atom. The molecule has 1 fully saturated rings. The minimum absolute atomic E-state index is 0.193. The van der Waals surface area contributed by atoms with Gasteiger partial charge >= 0.3 is 5.97 Å². The number of halogens is 1. The SMILES string of the molecule is O=C(O)C1(NS(=O)(=O)N2CC=C(c3ccc(Cl)cc3)CC2)CC1c1ccccc1. The number of benzene rings is 2. The maximum Gasteiger partial charge on any atom is 0.325 e. The van der Waals surface area contributed by atoms with E-state index in [9.17, 15) is 18.3 Å². The van der Waals surface area contributed by atoms with Gasteiger partial charge in [-0.1, -0.05) is 60.1 Å². The summed E-state index contributed by atoms with van der Waals surface area (Å²) in [7, 11) is -3.94. The van der Waals surface area contributed by atoms with E-state index in [2.05, 4.69) is 4.72 Å². The predicted octanol–water partition coefficient (Wildman–Crippen LogP) is 3.27. The molecule has 2 atom stereocenters. The number of hydrogen-bond acceptors (Lipinski definition) is 3. The summed E-state index contributed by atoms with van der Waals surface area (Å²) in [5.74, 6) is -1.52. The van der Waals surface area contributed by atoms with E-state index in [4.69, 9.17) is 11.6 Å². The van der Waals surface area contributed by atoms with Gasteiger partial charge in [-0.05, 0) is 41.7 Å². The number of carbonyl (C=O) groups is 1. The maximum atomic E-state index is 12.9. The molecule has 29 heavy (non-hydrogen) atoms. The lowest BCUT2D eigenvalue weighted by Crippen LogP contribution is -2.51. The van der Waals surface area contributed by atoms with Crippen molar-refractivity contribution in [1.82, 2.24) is 9.03 Å². The summed E-state index contributed by atoms with van der Waals surface area (Å²) in [5, 5.41) is 10.4. The standard InChI is InChI=1S/C21H21ClN2O4S/c22-18-8-6-15(7-9-18)16-10-12-24(13-11-16)29(27,28)23-21(20(25)26)14-19(21)17-4-2-1-3-5-17/h1-10,19,23H,11-14H2,(H,25,26). The molecular weight excluding hydrogens is 412 g/mol. The molecule has 0 saturated heterocycles. The van der Waals surface area contributed by atoms with Gasteiger partial charge in [0.1, 0.15) is 5.54 Å². The Hall–Kier alpha value is -2.19. The summed E-state index contributed by atoms with van der Waals surface area (Å²) in [6.45, 7) is 0.481. The highest BCUT2D eigenvalue weighted by Gasteiger charge is 2.63. The van der Waals surface area contributed by atoms with E-state index in [1.165, 1.54) is 4.31 Å². The molecule has 2 aromatic rings. The minimum atomic E-state index is -3.94. The normalized spacial score (nSPS) is 24.7. The zero-order chi connectivity index (χ0) is 20.6. The zero-order valence-corrected chi connectivity index (χ0v) is 17.2. The van der Waals surface area contributed by atoms with Gasteiger partial charge in [0.05, 0.1) is 0 Å². The number of aliphatic carboxylic acids is 1. The van der Waals surface area contributed by atoms with E-state index in [0.29, 0.717) is 11.4 Å². The van der Waals surface area contributed by atoms with E-state index in [-0.39, 0.29) is 25.4 Å². The molecule has 2 aliphatic rings. The highest BCUT2D eigenvalue weighted by Crippen LogP contribution is 2.52. The summed E-state index contributed by atoms with van der Waals surface area (Å²) in [6.07, 6.45) is 2.65. The zero-order valence-electron chi connectivity index (χ0n) is 15.6. The van der Waals surface area contributed by atoms with Gasteiger partial charge in [0, 0.05) is 24.0 Å². The first-order chi connectivity index (χ1) is 13.8. The van der Waals surface area contributed by atoms with Gasteiger partial charge in [0.15, 0.2) is 0 Å². The fourth-order valence-corrected chi connectivity index (χ4v) is 5.46.